The summed E-state index contributed by atoms with van der Waals surface area (Å²) in [6, 6.07) is 14.6. The first-order chi connectivity index (χ1) is 10.0. The molecule has 0 aromatic heterocycles. The molecule has 0 aliphatic rings. The van der Waals surface area contributed by atoms with E-state index in [1.54, 1.807) is 7.11 Å². The molecule has 0 bridgehead atoms. The fourth-order valence-corrected chi connectivity index (χ4v) is 2.97. The first kappa shape index (κ1) is 15.6. The topological polar surface area (TPSA) is 35.2 Å². The van der Waals surface area contributed by atoms with Crippen molar-refractivity contribution >= 4 is 0 Å². The third kappa shape index (κ3) is 2.81. The van der Waals surface area contributed by atoms with Gasteiger partial charge in [-0.3, -0.25) is 0 Å². The Labute approximate surface area is 127 Å². The van der Waals surface area contributed by atoms with Gasteiger partial charge in [-0.25, -0.2) is 0 Å². The van der Waals surface area contributed by atoms with Crippen LogP contribution in [0.1, 0.15) is 42.0 Å². The van der Waals surface area contributed by atoms with Crippen LogP contribution in [-0.4, -0.2) is 7.11 Å². The van der Waals surface area contributed by atoms with Crippen molar-refractivity contribution in [3.8, 4) is 5.75 Å². The molecule has 112 valence electrons. The summed E-state index contributed by atoms with van der Waals surface area (Å²) in [6.07, 6.45) is 1.90. The van der Waals surface area contributed by atoms with E-state index < -0.39 is 5.54 Å². The Hall–Kier alpha value is -1.80. The molecule has 1 unspecified atom stereocenters. The predicted molar refractivity (Wildman–Crippen MR) is 88.8 cm³/mol. The molecule has 0 amide bonds. The molecule has 0 saturated heterocycles. The lowest BCUT2D eigenvalue weighted by Gasteiger charge is -2.33. The van der Waals surface area contributed by atoms with E-state index in [0.717, 1.165) is 35.3 Å². The van der Waals surface area contributed by atoms with E-state index >= 15 is 0 Å². The molecule has 2 nitrogen and oxygen atoms in total. The predicted octanol–water partition coefficient (Wildman–Crippen LogP) is 4.31. The third-order valence-electron chi connectivity index (χ3n) is 4.29. The van der Waals surface area contributed by atoms with Crippen molar-refractivity contribution < 1.29 is 4.74 Å². The largest absolute Gasteiger partial charge is 0.496 e. The van der Waals surface area contributed by atoms with Gasteiger partial charge in [0.05, 0.1) is 12.6 Å². The van der Waals surface area contributed by atoms with Crippen LogP contribution in [0.5, 0.6) is 5.75 Å². The van der Waals surface area contributed by atoms with E-state index in [9.17, 15) is 0 Å². The van der Waals surface area contributed by atoms with Gasteiger partial charge >= 0.3 is 0 Å². The lowest BCUT2D eigenvalue weighted by atomic mass is 9.78. The fraction of sp³-hybridized carbons (Fsp3) is 0.368. The van der Waals surface area contributed by atoms with Gasteiger partial charge in [-0.1, -0.05) is 55.8 Å². The summed E-state index contributed by atoms with van der Waals surface area (Å²) in [5.74, 6) is 0.912. The molecule has 0 fully saturated rings. The molecule has 0 heterocycles. The fourth-order valence-electron chi connectivity index (χ4n) is 2.97. The number of methoxy groups -OCH3 is 1. The summed E-state index contributed by atoms with van der Waals surface area (Å²) in [5.41, 5.74) is 10.9. The van der Waals surface area contributed by atoms with E-state index in [1.165, 1.54) is 5.56 Å². The van der Waals surface area contributed by atoms with Crippen molar-refractivity contribution in [2.24, 2.45) is 5.73 Å². The minimum absolute atomic E-state index is 0.514. The van der Waals surface area contributed by atoms with Gasteiger partial charge < -0.3 is 10.5 Å². The maximum absolute atomic E-state index is 6.87. The van der Waals surface area contributed by atoms with Crippen LogP contribution in [0.4, 0.5) is 0 Å². The maximum Gasteiger partial charge on any atom is 0.127 e. The van der Waals surface area contributed by atoms with Gasteiger partial charge in [0, 0.05) is 5.56 Å². The molecule has 21 heavy (non-hydrogen) atoms. The average molecular weight is 283 g/mol. The van der Waals surface area contributed by atoms with Crippen LogP contribution in [0.2, 0.25) is 0 Å². The summed E-state index contributed by atoms with van der Waals surface area (Å²) in [7, 11) is 1.72. The van der Waals surface area contributed by atoms with Gasteiger partial charge in [-0.05, 0) is 37.0 Å². The molecule has 0 aliphatic carbocycles. The smallest absolute Gasteiger partial charge is 0.127 e. The number of rotatable bonds is 5. The lowest BCUT2D eigenvalue weighted by molar-refractivity contribution is 0.384. The second-order valence-corrected chi connectivity index (χ2v) is 5.68. The van der Waals surface area contributed by atoms with Crippen LogP contribution in [0.25, 0.3) is 0 Å². The quantitative estimate of drug-likeness (QED) is 0.887. The number of ether oxygens (including phenoxy) is 1. The highest BCUT2D eigenvalue weighted by molar-refractivity contribution is 5.52. The van der Waals surface area contributed by atoms with Crippen LogP contribution in [-0.2, 0) is 5.54 Å². The Balaban J connectivity index is 2.66. The molecule has 0 spiro atoms. The summed E-state index contributed by atoms with van der Waals surface area (Å²) in [4.78, 5) is 0. The SMILES string of the molecule is CCCC(N)(c1ccccc1)c1ccc(C)c(C)c1OC. The molecule has 1 atom stereocenters. The second kappa shape index (κ2) is 6.31. The van der Waals surface area contributed by atoms with Gasteiger partial charge in [0.25, 0.3) is 0 Å². The van der Waals surface area contributed by atoms with Gasteiger partial charge in [-0.2, -0.15) is 0 Å². The molecule has 2 aromatic carbocycles. The van der Waals surface area contributed by atoms with Gasteiger partial charge in [0.2, 0.25) is 0 Å². The van der Waals surface area contributed by atoms with Crippen molar-refractivity contribution in [1.82, 2.24) is 0 Å². The van der Waals surface area contributed by atoms with E-state index in [2.05, 4.69) is 45.0 Å². The van der Waals surface area contributed by atoms with E-state index in [4.69, 9.17) is 10.5 Å². The van der Waals surface area contributed by atoms with E-state index in [-0.39, 0.29) is 0 Å². The lowest BCUT2D eigenvalue weighted by Crippen LogP contribution is -2.38. The normalized spacial score (nSPS) is 13.8. The van der Waals surface area contributed by atoms with Crippen molar-refractivity contribution in [3.05, 3.63) is 64.7 Å². The Kier molecular flexibility index (Phi) is 4.69. The zero-order valence-electron chi connectivity index (χ0n) is 13.4. The Morgan fingerprint density at radius 3 is 2.29 bits per heavy atom. The Morgan fingerprint density at radius 1 is 1.05 bits per heavy atom. The highest BCUT2D eigenvalue weighted by Crippen LogP contribution is 2.39. The highest BCUT2D eigenvalue weighted by atomic mass is 16.5. The van der Waals surface area contributed by atoms with Crippen molar-refractivity contribution in [1.29, 1.82) is 0 Å². The summed E-state index contributed by atoms with van der Waals surface area (Å²) in [6.45, 7) is 6.36. The first-order valence-electron chi connectivity index (χ1n) is 7.53. The molecule has 2 N–H and O–H groups in total. The maximum atomic E-state index is 6.87. The van der Waals surface area contributed by atoms with Crippen LogP contribution < -0.4 is 10.5 Å². The molecule has 0 saturated carbocycles. The van der Waals surface area contributed by atoms with Crippen molar-refractivity contribution in [2.45, 2.75) is 39.2 Å². The zero-order chi connectivity index (χ0) is 15.5. The molecule has 2 heteroatoms. The van der Waals surface area contributed by atoms with Crippen molar-refractivity contribution in [3.63, 3.8) is 0 Å². The number of benzene rings is 2. The van der Waals surface area contributed by atoms with Gasteiger partial charge in [0.1, 0.15) is 5.75 Å². The van der Waals surface area contributed by atoms with Crippen molar-refractivity contribution in [2.75, 3.05) is 7.11 Å². The van der Waals surface area contributed by atoms with Crippen LogP contribution in [0.3, 0.4) is 0 Å². The number of aryl methyl sites for hydroxylation is 1. The van der Waals surface area contributed by atoms with Gasteiger partial charge in [0.15, 0.2) is 0 Å². The summed E-state index contributed by atoms with van der Waals surface area (Å²) < 4.78 is 5.69. The monoisotopic (exact) mass is 283 g/mol. The minimum atomic E-state index is -0.514. The van der Waals surface area contributed by atoms with E-state index in [1.807, 2.05) is 18.2 Å². The third-order valence-corrected chi connectivity index (χ3v) is 4.29. The molecule has 2 rings (SSSR count). The van der Waals surface area contributed by atoms with Gasteiger partial charge in [-0.15, -0.1) is 0 Å². The molecular formula is C19H25NO. The number of hydrogen-bond donors (Lipinski definition) is 1. The molecule has 0 radical (unpaired) electrons. The molecule has 2 aromatic rings. The summed E-state index contributed by atoms with van der Waals surface area (Å²) >= 11 is 0. The van der Waals surface area contributed by atoms with Crippen LogP contribution in [0, 0.1) is 13.8 Å². The standard InChI is InChI=1S/C19H25NO/c1-5-13-19(20,16-9-7-6-8-10-16)17-12-11-14(2)15(3)18(17)21-4/h6-12H,5,13,20H2,1-4H3. The average Bonchev–Trinajstić information content (AvgIpc) is 2.50. The van der Waals surface area contributed by atoms with E-state index in [0.29, 0.717) is 0 Å². The molecule has 0 aliphatic heterocycles. The first-order valence-corrected chi connectivity index (χ1v) is 7.53. The summed E-state index contributed by atoms with van der Waals surface area (Å²) in [5, 5.41) is 0. The van der Waals surface area contributed by atoms with Crippen LogP contribution >= 0.6 is 0 Å². The Morgan fingerprint density at radius 2 is 1.71 bits per heavy atom. The van der Waals surface area contributed by atoms with Crippen LogP contribution in [0.15, 0.2) is 42.5 Å². The number of hydrogen-bond acceptors (Lipinski definition) is 2. The Bertz CT molecular complexity index is 606. The minimum Gasteiger partial charge on any atom is -0.496 e. The second-order valence-electron chi connectivity index (χ2n) is 5.68. The highest BCUT2D eigenvalue weighted by Gasteiger charge is 2.32. The number of nitrogens with two attached hydrogens (primary N) is 1. The molecular weight excluding hydrogens is 258 g/mol. The zero-order valence-corrected chi connectivity index (χ0v) is 13.4.